The first kappa shape index (κ1) is 13.0. The summed E-state index contributed by atoms with van der Waals surface area (Å²) < 4.78 is 11.2. The van der Waals surface area contributed by atoms with Gasteiger partial charge in [0, 0.05) is 12.0 Å². The van der Waals surface area contributed by atoms with E-state index in [0.29, 0.717) is 23.8 Å². The van der Waals surface area contributed by atoms with Gasteiger partial charge in [-0.3, -0.25) is 0 Å². The second kappa shape index (κ2) is 5.53. The van der Waals surface area contributed by atoms with E-state index in [4.69, 9.17) is 9.47 Å². The van der Waals surface area contributed by atoms with Crippen LogP contribution in [0.1, 0.15) is 36.5 Å². The Morgan fingerprint density at radius 2 is 2.10 bits per heavy atom. The zero-order valence-corrected chi connectivity index (χ0v) is 11.6. The molecule has 0 radical (unpaired) electrons. The van der Waals surface area contributed by atoms with Crippen LogP contribution in [0.4, 0.5) is 0 Å². The van der Waals surface area contributed by atoms with Gasteiger partial charge in [-0.2, -0.15) is 0 Å². The van der Waals surface area contributed by atoms with Crippen LogP contribution >= 0.6 is 0 Å². The van der Waals surface area contributed by atoms with Gasteiger partial charge in [-0.05, 0) is 43.9 Å². The lowest BCUT2D eigenvalue weighted by Crippen LogP contribution is -2.05. The quantitative estimate of drug-likeness (QED) is 0.780. The average Bonchev–Trinajstić information content (AvgIpc) is 3.06. The van der Waals surface area contributed by atoms with E-state index in [1.54, 1.807) is 12.1 Å². The molecule has 1 fully saturated rings. The lowest BCUT2D eigenvalue weighted by atomic mass is 10.1. The minimum atomic E-state index is -0.298. The highest BCUT2D eigenvalue weighted by atomic mass is 16.5. The molecule has 2 aliphatic rings. The summed E-state index contributed by atoms with van der Waals surface area (Å²) in [5.41, 5.74) is 1.80. The zero-order chi connectivity index (χ0) is 13.9. The van der Waals surface area contributed by atoms with Gasteiger partial charge in [0.15, 0.2) is 0 Å². The third-order valence-corrected chi connectivity index (χ3v) is 3.82. The molecule has 20 heavy (non-hydrogen) atoms. The smallest absolute Gasteiger partial charge is 0.343 e. The van der Waals surface area contributed by atoms with Crippen LogP contribution < -0.4 is 0 Å². The van der Waals surface area contributed by atoms with Crippen molar-refractivity contribution in [2.24, 2.45) is 5.92 Å². The number of carbonyl (C=O) groups excluding carboxylic acids is 1. The third kappa shape index (κ3) is 2.36. The van der Waals surface area contributed by atoms with Gasteiger partial charge in [0.1, 0.15) is 11.5 Å². The Hall–Kier alpha value is -2.03. The zero-order valence-electron chi connectivity index (χ0n) is 11.6. The summed E-state index contributed by atoms with van der Waals surface area (Å²) in [5.74, 6) is 1.68. The van der Waals surface area contributed by atoms with E-state index in [0.717, 1.165) is 25.0 Å². The van der Waals surface area contributed by atoms with Gasteiger partial charge in [-0.25, -0.2) is 4.79 Å². The molecule has 0 heterocycles. The standard InChI is InChI=1S/C17H18O3/c1-2-19-15-11-16(14-10-6-9-13(14)15)20-17(18)12-7-4-3-5-8-12/h3-5,7-8,11,13H,2,6,9-10H2,1H3/t13-/m1/s1. The highest BCUT2D eigenvalue weighted by molar-refractivity contribution is 5.90. The van der Waals surface area contributed by atoms with Crippen molar-refractivity contribution in [2.75, 3.05) is 6.61 Å². The van der Waals surface area contributed by atoms with Crippen LogP contribution in [0.5, 0.6) is 0 Å². The van der Waals surface area contributed by atoms with Crippen molar-refractivity contribution in [3.8, 4) is 0 Å². The topological polar surface area (TPSA) is 35.5 Å². The maximum atomic E-state index is 12.1. The van der Waals surface area contributed by atoms with Crippen LogP contribution in [0, 0.1) is 5.92 Å². The molecule has 2 aliphatic carbocycles. The molecule has 0 aliphatic heterocycles. The van der Waals surface area contributed by atoms with Gasteiger partial charge in [0.05, 0.1) is 12.2 Å². The molecule has 1 saturated carbocycles. The van der Waals surface area contributed by atoms with Crippen molar-refractivity contribution in [3.05, 3.63) is 59.1 Å². The number of hydrogen-bond acceptors (Lipinski definition) is 3. The number of hydrogen-bond donors (Lipinski definition) is 0. The summed E-state index contributed by atoms with van der Waals surface area (Å²) in [6, 6.07) is 9.09. The molecule has 0 spiro atoms. The molecular formula is C17H18O3. The number of rotatable bonds is 4. The molecule has 1 aromatic carbocycles. The second-order valence-electron chi connectivity index (χ2n) is 5.07. The molecule has 3 heteroatoms. The maximum absolute atomic E-state index is 12.1. The minimum absolute atomic E-state index is 0.298. The fourth-order valence-corrected chi connectivity index (χ4v) is 2.91. The molecule has 0 unspecified atom stereocenters. The van der Waals surface area contributed by atoms with E-state index < -0.39 is 0 Å². The summed E-state index contributed by atoms with van der Waals surface area (Å²) in [6.07, 6.45) is 5.11. The fraction of sp³-hybridized carbons (Fsp3) is 0.353. The highest BCUT2D eigenvalue weighted by Crippen LogP contribution is 2.44. The highest BCUT2D eigenvalue weighted by Gasteiger charge is 2.34. The van der Waals surface area contributed by atoms with Crippen LogP contribution in [0.2, 0.25) is 0 Å². The van der Waals surface area contributed by atoms with E-state index in [-0.39, 0.29) is 5.97 Å². The van der Waals surface area contributed by atoms with Crippen LogP contribution in [0.3, 0.4) is 0 Å². The van der Waals surface area contributed by atoms with Crippen molar-refractivity contribution in [1.29, 1.82) is 0 Å². The van der Waals surface area contributed by atoms with Crippen LogP contribution in [-0.2, 0) is 9.47 Å². The van der Waals surface area contributed by atoms with Crippen LogP contribution in [0.25, 0.3) is 0 Å². The Bertz CT molecular complexity index is 569. The summed E-state index contributed by atoms with van der Waals surface area (Å²) in [7, 11) is 0. The molecule has 1 aromatic rings. The van der Waals surface area contributed by atoms with Gasteiger partial charge >= 0.3 is 5.97 Å². The molecule has 3 nitrogen and oxygen atoms in total. The first-order valence-electron chi connectivity index (χ1n) is 7.14. The lowest BCUT2D eigenvalue weighted by molar-refractivity contribution is 0.0634. The Kier molecular flexibility index (Phi) is 3.59. The number of benzene rings is 1. The number of fused-ring (bicyclic) bond motifs is 1. The van der Waals surface area contributed by atoms with E-state index in [1.807, 2.05) is 31.2 Å². The predicted molar refractivity (Wildman–Crippen MR) is 75.9 cm³/mol. The molecule has 3 rings (SSSR count). The predicted octanol–water partition coefficient (Wildman–Crippen LogP) is 3.83. The van der Waals surface area contributed by atoms with Crippen molar-refractivity contribution < 1.29 is 14.3 Å². The summed E-state index contributed by atoms with van der Waals surface area (Å²) in [5, 5.41) is 0. The summed E-state index contributed by atoms with van der Waals surface area (Å²) in [6.45, 7) is 2.62. The van der Waals surface area contributed by atoms with E-state index in [2.05, 4.69) is 0 Å². The number of allylic oxidation sites excluding steroid dienone is 2. The largest absolute Gasteiger partial charge is 0.497 e. The molecule has 0 N–H and O–H groups in total. The Morgan fingerprint density at radius 1 is 1.30 bits per heavy atom. The van der Waals surface area contributed by atoms with Crippen molar-refractivity contribution in [2.45, 2.75) is 26.2 Å². The molecule has 0 bridgehead atoms. The molecular weight excluding hydrogens is 252 g/mol. The summed E-state index contributed by atoms with van der Waals surface area (Å²) >= 11 is 0. The third-order valence-electron chi connectivity index (χ3n) is 3.82. The Labute approximate surface area is 118 Å². The van der Waals surface area contributed by atoms with Gasteiger partial charge in [0.25, 0.3) is 0 Å². The van der Waals surface area contributed by atoms with Gasteiger partial charge in [-0.1, -0.05) is 18.2 Å². The van der Waals surface area contributed by atoms with Gasteiger partial charge < -0.3 is 9.47 Å². The fourth-order valence-electron chi connectivity index (χ4n) is 2.91. The molecule has 1 atom stereocenters. The van der Waals surface area contributed by atoms with E-state index in [9.17, 15) is 4.79 Å². The van der Waals surface area contributed by atoms with Crippen molar-refractivity contribution in [3.63, 3.8) is 0 Å². The molecule has 104 valence electrons. The maximum Gasteiger partial charge on any atom is 0.343 e. The molecule has 0 amide bonds. The van der Waals surface area contributed by atoms with E-state index >= 15 is 0 Å². The molecule has 0 aromatic heterocycles. The van der Waals surface area contributed by atoms with Gasteiger partial charge in [0.2, 0.25) is 0 Å². The van der Waals surface area contributed by atoms with Crippen molar-refractivity contribution >= 4 is 5.97 Å². The number of ether oxygens (including phenoxy) is 2. The van der Waals surface area contributed by atoms with Crippen LogP contribution in [0.15, 0.2) is 53.5 Å². The normalized spacial score (nSPS) is 20.6. The van der Waals surface area contributed by atoms with Crippen molar-refractivity contribution in [1.82, 2.24) is 0 Å². The second-order valence-corrected chi connectivity index (χ2v) is 5.07. The monoisotopic (exact) mass is 270 g/mol. The average molecular weight is 270 g/mol. The molecule has 0 saturated heterocycles. The summed E-state index contributed by atoms with van der Waals surface area (Å²) in [4.78, 5) is 12.1. The van der Waals surface area contributed by atoms with E-state index in [1.165, 1.54) is 5.57 Å². The van der Waals surface area contributed by atoms with Crippen LogP contribution in [-0.4, -0.2) is 12.6 Å². The van der Waals surface area contributed by atoms with Gasteiger partial charge in [-0.15, -0.1) is 0 Å². The lowest BCUT2D eigenvalue weighted by Gasteiger charge is -2.11. The SMILES string of the molecule is CCOC1=CC(OC(=O)c2ccccc2)=C2CCC[C@@H]12. The first-order valence-corrected chi connectivity index (χ1v) is 7.14. The Morgan fingerprint density at radius 3 is 2.85 bits per heavy atom. The first-order chi connectivity index (χ1) is 9.79. The number of esters is 1. The number of carbonyl (C=O) groups is 1. The minimum Gasteiger partial charge on any atom is -0.497 e. The Balaban J connectivity index is 1.79.